The lowest BCUT2D eigenvalue weighted by atomic mass is 10.1. The molecule has 0 bridgehead atoms. The van der Waals surface area contributed by atoms with Gasteiger partial charge in [-0.05, 0) is 37.0 Å². The van der Waals surface area contributed by atoms with Gasteiger partial charge < -0.3 is 15.2 Å². The van der Waals surface area contributed by atoms with E-state index in [1.807, 2.05) is 0 Å². The second-order valence-corrected chi connectivity index (χ2v) is 4.93. The normalized spacial score (nSPS) is 13.4. The summed E-state index contributed by atoms with van der Waals surface area (Å²) in [7, 11) is 0. The minimum Gasteiger partial charge on any atom is -0.384 e. The summed E-state index contributed by atoms with van der Waals surface area (Å²) in [6.45, 7) is 1.22. The van der Waals surface area contributed by atoms with E-state index in [4.69, 9.17) is 9.84 Å². The molecule has 1 amide bonds. The van der Waals surface area contributed by atoms with Gasteiger partial charge in [0.25, 0.3) is 5.91 Å². The number of halogens is 1. The van der Waals surface area contributed by atoms with Gasteiger partial charge in [0.15, 0.2) is 0 Å². The van der Waals surface area contributed by atoms with Gasteiger partial charge in [-0.25, -0.2) is 4.39 Å². The van der Waals surface area contributed by atoms with Crippen LogP contribution in [0.1, 0.15) is 28.8 Å². The lowest BCUT2D eigenvalue weighted by molar-refractivity contribution is 0.0903. The van der Waals surface area contributed by atoms with Crippen LogP contribution < -0.4 is 5.32 Å². The molecule has 0 atom stereocenters. The summed E-state index contributed by atoms with van der Waals surface area (Å²) in [4.78, 5) is 11.9. The molecule has 0 radical (unpaired) electrons. The Labute approximate surface area is 123 Å². The number of hydrogen-bond acceptors (Lipinski definition) is 3. The molecule has 112 valence electrons. The van der Waals surface area contributed by atoms with Gasteiger partial charge in [0, 0.05) is 18.7 Å². The molecule has 1 aromatic carbocycles. The number of carbonyl (C=O) groups excluding carboxylic acids is 1. The van der Waals surface area contributed by atoms with E-state index in [0.29, 0.717) is 24.6 Å². The molecule has 0 aliphatic heterocycles. The summed E-state index contributed by atoms with van der Waals surface area (Å²) in [5, 5.41) is 11.2. The molecule has 2 N–H and O–H groups in total. The standard InChI is InChI=1S/C16H18FNO3/c17-15-6-5-12(2-1-8-19)10-14(15)16(20)18-7-9-21-11-13-3-4-13/h5-6,10,13,19H,3-4,7-9,11H2,(H,18,20). The van der Waals surface area contributed by atoms with Crippen LogP contribution in [0.5, 0.6) is 0 Å². The van der Waals surface area contributed by atoms with Crippen molar-refractivity contribution < 1.29 is 19.0 Å². The second-order valence-electron chi connectivity index (χ2n) is 4.93. The summed E-state index contributed by atoms with van der Waals surface area (Å²) in [5.41, 5.74) is 0.433. The summed E-state index contributed by atoms with van der Waals surface area (Å²) >= 11 is 0. The summed E-state index contributed by atoms with van der Waals surface area (Å²) in [6, 6.07) is 4.03. The zero-order valence-electron chi connectivity index (χ0n) is 11.7. The highest BCUT2D eigenvalue weighted by Gasteiger charge is 2.21. The lowest BCUT2D eigenvalue weighted by Gasteiger charge is -2.07. The number of rotatable bonds is 6. The van der Waals surface area contributed by atoms with Gasteiger partial charge in [0.1, 0.15) is 12.4 Å². The molecule has 1 saturated carbocycles. The Morgan fingerprint density at radius 3 is 3.00 bits per heavy atom. The van der Waals surface area contributed by atoms with Gasteiger partial charge in [-0.15, -0.1) is 0 Å². The average molecular weight is 291 g/mol. The zero-order valence-corrected chi connectivity index (χ0v) is 11.7. The van der Waals surface area contributed by atoms with Crippen LogP contribution in [0.15, 0.2) is 18.2 Å². The molecule has 1 fully saturated rings. The summed E-state index contributed by atoms with van der Waals surface area (Å²) in [5.74, 6) is 4.69. The first-order valence-electron chi connectivity index (χ1n) is 6.96. The topological polar surface area (TPSA) is 58.6 Å². The maximum atomic E-state index is 13.6. The second kappa shape index (κ2) is 7.77. The van der Waals surface area contributed by atoms with Crippen LogP contribution in [0.25, 0.3) is 0 Å². The number of amides is 1. The summed E-state index contributed by atoms with van der Waals surface area (Å²) < 4.78 is 19.0. The quantitative estimate of drug-likeness (QED) is 0.614. The molecular formula is C16H18FNO3. The third-order valence-electron chi connectivity index (χ3n) is 3.11. The fraction of sp³-hybridized carbons (Fsp3) is 0.438. The Balaban J connectivity index is 1.84. The van der Waals surface area contributed by atoms with Gasteiger partial charge in [-0.2, -0.15) is 0 Å². The van der Waals surface area contributed by atoms with E-state index in [0.717, 1.165) is 6.61 Å². The van der Waals surface area contributed by atoms with E-state index in [1.165, 1.54) is 31.0 Å². The minimum absolute atomic E-state index is 0.0538. The SMILES string of the molecule is O=C(NCCOCC1CC1)c1cc(C#CCO)ccc1F. The van der Waals surface area contributed by atoms with Crippen molar-refractivity contribution >= 4 is 5.91 Å². The van der Waals surface area contributed by atoms with Crippen LogP contribution >= 0.6 is 0 Å². The lowest BCUT2D eigenvalue weighted by Crippen LogP contribution is -2.28. The predicted octanol–water partition coefficient (Wildman–Crippen LogP) is 1.33. The third-order valence-corrected chi connectivity index (χ3v) is 3.11. The van der Waals surface area contributed by atoms with Crippen molar-refractivity contribution in [3.63, 3.8) is 0 Å². The van der Waals surface area contributed by atoms with Crippen molar-refractivity contribution in [2.75, 3.05) is 26.4 Å². The molecule has 2 rings (SSSR count). The average Bonchev–Trinajstić information content (AvgIpc) is 3.30. The molecule has 4 nitrogen and oxygen atoms in total. The van der Waals surface area contributed by atoms with E-state index < -0.39 is 11.7 Å². The maximum absolute atomic E-state index is 13.6. The van der Waals surface area contributed by atoms with Crippen molar-refractivity contribution in [1.29, 1.82) is 0 Å². The molecule has 21 heavy (non-hydrogen) atoms. The number of carbonyl (C=O) groups is 1. The highest BCUT2D eigenvalue weighted by molar-refractivity contribution is 5.94. The first kappa shape index (κ1) is 15.5. The monoisotopic (exact) mass is 291 g/mol. The molecule has 0 saturated heterocycles. The van der Waals surface area contributed by atoms with Gasteiger partial charge in [0.05, 0.1) is 12.2 Å². The van der Waals surface area contributed by atoms with Crippen molar-refractivity contribution in [3.05, 3.63) is 35.1 Å². The molecule has 0 unspecified atom stereocenters. The molecule has 0 heterocycles. The van der Waals surface area contributed by atoms with Gasteiger partial charge in [-0.3, -0.25) is 4.79 Å². The smallest absolute Gasteiger partial charge is 0.254 e. The van der Waals surface area contributed by atoms with Crippen molar-refractivity contribution in [1.82, 2.24) is 5.32 Å². The molecule has 1 aliphatic rings. The number of ether oxygens (including phenoxy) is 1. The molecular weight excluding hydrogens is 273 g/mol. The van der Waals surface area contributed by atoms with E-state index >= 15 is 0 Å². The number of aliphatic hydroxyl groups excluding tert-OH is 1. The van der Waals surface area contributed by atoms with E-state index in [-0.39, 0.29) is 12.2 Å². The fourth-order valence-corrected chi connectivity index (χ4v) is 1.79. The number of hydrogen-bond donors (Lipinski definition) is 2. The van der Waals surface area contributed by atoms with Crippen LogP contribution in [0.3, 0.4) is 0 Å². The van der Waals surface area contributed by atoms with Crippen molar-refractivity contribution in [3.8, 4) is 11.8 Å². The van der Waals surface area contributed by atoms with Crippen molar-refractivity contribution in [2.24, 2.45) is 5.92 Å². The zero-order chi connectivity index (χ0) is 15.1. The van der Waals surface area contributed by atoms with Crippen LogP contribution in [-0.4, -0.2) is 37.4 Å². The first-order chi connectivity index (χ1) is 10.2. The predicted molar refractivity (Wildman–Crippen MR) is 76.2 cm³/mol. The van der Waals surface area contributed by atoms with E-state index in [9.17, 15) is 9.18 Å². The molecule has 5 heteroatoms. The third kappa shape index (κ3) is 5.18. The Bertz CT molecular complexity index is 558. The number of benzene rings is 1. The fourth-order valence-electron chi connectivity index (χ4n) is 1.79. The first-order valence-corrected chi connectivity index (χ1v) is 6.96. The van der Waals surface area contributed by atoms with E-state index in [1.54, 1.807) is 0 Å². The largest absolute Gasteiger partial charge is 0.384 e. The van der Waals surface area contributed by atoms with Crippen molar-refractivity contribution in [2.45, 2.75) is 12.8 Å². The Hall–Kier alpha value is -1.90. The Morgan fingerprint density at radius 2 is 2.29 bits per heavy atom. The number of nitrogens with one attached hydrogen (secondary N) is 1. The molecule has 1 aliphatic carbocycles. The Kier molecular flexibility index (Phi) is 5.73. The highest BCUT2D eigenvalue weighted by Crippen LogP contribution is 2.28. The van der Waals surface area contributed by atoms with Crippen LogP contribution in [0.2, 0.25) is 0 Å². The van der Waals surface area contributed by atoms with E-state index in [2.05, 4.69) is 17.2 Å². The molecule has 0 spiro atoms. The van der Waals surface area contributed by atoms with Crippen LogP contribution in [0, 0.1) is 23.6 Å². The van der Waals surface area contributed by atoms with Gasteiger partial charge >= 0.3 is 0 Å². The highest BCUT2D eigenvalue weighted by atomic mass is 19.1. The van der Waals surface area contributed by atoms with Gasteiger partial charge in [-0.1, -0.05) is 11.8 Å². The van der Waals surface area contributed by atoms with Crippen LogP contribution in [0.4, 0.5) is 4.39 Å². The Morgan fingerprint density at radius 1 is 1.48 bits per heavy atom. The van der Waals surface area contributed by atoms with Gasteiger partial charge in [0.2, 0.25) is 0 Å². The number of aliphatic hydroxyl groups is 1. The maximum Gasteiger partial charge on any atom is 0.254 e. The summed E-state index contributed by atoms with van der Waals surface area (Å²) in [6.07, 6.45) is 2.44. The molecule has 1 aromatic rings. The molecule has 0 aromatic heterocycles. The van der Waals surface area contributed by atoms with Crippen LogP contribution in [-0.2, 0) is 4.74 Å². The minimum atomic E-state index is -0.596.